The fraction of sp³-hybridized carbons (Fsp3) is 0. The van der Waals surface area contributed by atoms with Crippen LogP contribution < -0.4 is 0 Å². The average Bonchev–Trinajstić information content (AvgIpc) is 2.30. The molecule has 0 aliphatic rings. The van der Waals surface area contributed by atoms with Crippen molar-refractivity contribution in [2.24, 2.45) is 0 Å². The first-order chi connectivity index (χ1) is 7.77. The quantitative estimate of drug-likeness (QED) is 0.751. The second-order valence-electron chi connectivity index (χ2n) is 3.01. The molecular weight excluding hydrogens is 268 g/mol. The first kappa shape index (κ1) is 10.7. The van der Waals surface area contributed by atoms with Gasteiger partial charge in [-0.15, -0.1) is 0 Å². The molecule has 16 heavy (non-hydrogen) atoms. The molecule has 0 aromatic carbocycles. The van der Waals surface area contributed by atoms with Gasteiger partial charge in [0.05, 0.1) is 16.2 Å². The molecule has 3 nitrogen and oxygen atoms in total. The second-order valence-corrected chi connectivity index (χ2v) is 3.86. The van der Waals surface area contributed by atoms with Gasteiger partial charge < -0.3 is 5.11 Å². The summed E-state index contributed by atoms with van der Waals surface area (Å²) in [7, 11) is 0. The number of hydrogen-bond acceptors (Lipinski definition) is 3. The molecule has 0 bridgehead atoms. The summed E-state index contributed by atoms with van der Waals surface area (Å²) in [5.41, 5.74) is 1.32. The minimum atomic E-state index is 0.0609. The van der Waals surface area contributed by atoms with Crippen LogP contribution in [0.15, 0.2) is 41.4 Å². The third-order valence-corrected chi connectivity index (χ3v) is 2.47. The summed E-state index contributed by atoms with van der Waals surface area (Å²) in [6.45, 7) is 0. The van der Waals surface area contributed by atoms with Crippen LogP contribution in [0.1, 0.15) is 11.1 Å². The Morgan fingerprint density at radius 1 is 1.12 bits per heavy atom. The molecular formula is C12H7BrN2O. The molecule has 2 heterocycles. The molecule has 4 heteroatoms. The lowest BCUT2D eigenvalue weighted by atomic mass is 10.2. The van der Waals surface area contributed by atoms with Crippen LogP contribution in [0.4, 0.5) is 0 Å². The standard InChI is InChI=1S/C12H7BrN2O/c13-11-7-15-8-12(16)10(11)4-3-9-2-1-5-14-6-9/h1-2,5-8,16H. The number of rotatable bonds is 0. The fourth-order valence-electron chi connectivity index (χ4n) is 1.12. The minimum absolute atomic E-state index is 0.0609. The maximum absolute atomic E-state index is 9.56. The van der Waals surface area contributed by atoms with Crippen molar-refractivity contribution in [3.8, 4) is 17.6 Å². The summed E-state index contributed by atoms with van der Waals surface area (Å²) in [6, 6.07) is 3.66. The van der Waals surface area contributed by atoms with Gasteiger partial charge in [-0.25, -0.2) is 0 Å². The predicted molar refractivity (Wildman–Crippen MR) is 63.8 cm³/mol. The van der Waals surface area contributed by atoms with E-state index in [0.717, 1.165) is 5.56 Å². The van der Waals surface area contributed by atoms with E-state index in [0.29, 0.717) is 10.0 Å². The summed E-state index contributed by atoms with van der Waals surface area (Å²) in [5.74, 6) is 5.84. The van der Waals surface area contributed by atoms with Gasteiger partial charge in [0.1, 0.15) is 0 Å². The molecule has 2 aromatic rings. The van der Waals surface area contributed by atoms with Crippen molar-refractivity contribution in [1.29, 1.82) is 0 Å². The Morgan fingerprint density at radius 3 is 2.69 bits per heavy atom. The largest absolute Gasteiger partial charge is 0.505 e. The van der Waals surface area contributed by atoms with E-state index in [9.17, 15) is 5.11 Å². The van der Waals surface area contributed by atoms with E-state index in [1.54, 1.807) is 18.6 Å². The van der Waals surface area contributed by atoms with E-state index >= 15 is 0 Å². The molecule has 0 aliphatic heterocycles. The lowest BCUT2D eigenvalue weighted by Gasteiger charge is -1.97. The van der Waals surface area contributed by atoms with Crippen molar-refractivity contribution in [3.05, 3.63) is 52.5 Å². The number of nitrogens with zero attached hydrogens (tertiary/aromatic N) is 2. The molecule has 0 saturated carbocycles. The van der Waals surface area contributed by atoms with Gasteiger partial charge in [-0.2, -0.15) is 0 Å². The van der Waals surface area contributed by atoms with Crippen molar-refractivity contribution in [1.82, 2.24) is 9.97 Å². The van der Waals surface area contributed by atoms with Gasteiger partial charge in [-0.05, 0) is 28.1 Å². The third-order valence-electron chi connectivity index (χ3n) is 1.87. The van der Waals surface area contributed by atoms with Crippen LogP contribution in [-0.4, -0.2) is 15.1 Å². The Hall–Kier alpha value is -1.86. The number of hydrogen-bond donors (Lipinski definition) is 1. The number of pyridine rings is 2. The number of halogens is 1. The van der Waals surface area contributed by atoms with Crippen molar-refractivity contribution in [2.45, 2.75) is 0 Å². The fourth-order valence-corrected chi connectivity index (χ4v) is 1.54. The molecule has 0 atom stereocenters. The minimum Gasteiger partial charge on any atom is -0.505 e. The molecule has 0 unspecified atom stereocenters. The predicted octanol–water partition coefficient (Wildman–Crippen LogP) is 2.34. The summed E-state index contributed by atoms with van der Waals surface area (Å²) < 4.78 is 0.670. The van der Waals surface area contributed by atoms with Crippen molar-refractivity contribution < 1.29 is 5.11 Å². The van der Waals surface area contributed by atoms with E-state index in [4.69, 9.17) is 0 Å². The van der Waals surface area contributed by atoms with Crippen molar-refractivity contribution >= 4 is 15.9 Å². The molecule has 2 rings (SSSR count). The molecule has 0 spiro atoms. The van der Waals surface area contributed by atoms with E-state index in [2.05, 4.69) is 37.7 Å². The van der Waals surface area contributed by atoms with E-state index in [1.807, 2.05) is 12.1 Å². The zero-order valence-corrected chi connectivity index (χ0v) is 9.77. The van der Waals surface area contributed by atoms with Crippen LogP contribution in [-0.2, 0) is 0 Å². The van der Waals surface area contributed by atoms with Crippen LogP contribution in [0.5, 0.6) is 5.75 Å². The van der Waals surface area contributed by atoms with Gasteiger partial charge in [0.25, 0.3) is 0 Å². The highest BCUT2D eigenvalue weighted by atomic mass is 79.9. The van der Waals surface area contributed by atoms with Crippen LogP contribution in [0.25, 0.3) is 0 Å². The molecule has 78 valence electrons. The van der Waals surface area contributed by atoms with E-state index in [1.165, 1.54) is 6.20 Å². The molecule has 0 radical (unpaired) electrons. The van der Waals surface area contributed by atoms with Crippen molar-refractivity contribution in [3.63, 3.8) is 0 Å². The highest BCUT2D eigenvalue weighted by Crippen LogP contribution is 2.22. The molecule has 1 N–H and O–H groups in total. The third kappa shape index (κ3) is 2.38. The lowest BCUT2D eigenvalue weighted by Crippen LogP contribution is -1.82. The Labute approximate surface area is 101 Å². The second kappa shape index (κ2) is 4.77. The topological polar surface area (TPSA) is 46.0 Å². The van der Waals surface area contributed by atoms with Gasteiger partial charge in [0.15, 0.2) is 5.75 Å². The maximum atomic E-state index is 9.56. The average molecular weight is 275 g/mol. The molecule has 2 aromatic heterocycles. The monoisotopic (exact) mass is 274 g/mol. The van der Waals surface area contributed by atoms with E-state index in [-0.39, 0.29) is 5.75 Å². The van der Waals surface area contributed by atoms with Gasteiger partial charge in [0.2, 0.25) is 0 Å². The highest BCUT2D eigenvalue weighted by Gasteiger charge is 2.02. The summed E-state index contributed by atoms with van der Waals surface area (Å²) >= 11 is 3.28. The Morgan fingerprint density at radius 2 is 2.00 bits per heavy atom. The zero-order chi connectivity index (χ0) is 11.4. The van der Waals surface area contributed by atoms with Gasteiger partial charge >= 0.3 is 0 Å². The van der Waals surface area contributed by atoms with Crippen LogP contribution in [0, 0.1) is 11.8 Å². The Kier molecular flexibility index (Phi) is 3.18. The van der Waals surface area contributed by atoms with Crippen LogP contribution in [0.2, 0.25) is 0 Å². The highest BCUT2D eigenvalue weighted by molar-refractivity contribution is 9.10. The maximum Gasteiger partial charge on any atom is 0.150 e. The number of aromatic hydroxyl groups is 1. The normalized spacial score (nSPS) is 9.31. The smallest absolute Gasteiger partial charge is 0.150 e. The molecule has 0 amide bonds. The van der Waals surface area contributed by atoms with Gasteiger partial charge in [-0.3, -0.25) is 9.97 Å². The first-order valence-corrected chi connectivity index (χ1v) is 5.31. The SMILES string of the molecule is Oc1cncc(Br)c1C#Cc1cccnc1. The molecule has 0 aliphatic carbocycles. The van der Waals surface area contributed by atoms with E-state index < -0.39 is 0 Å². The number of aromatic nitrogens is 2. The van der Waals surface area contributed by atoms with Gasteiger partial charge in [-0.1, -0.05) is 11.8 Å². The zero-order valence-electron chi connectivity index (χ0n) is 8.18. The molecule has 0 fully saturated rings. The Balaban J connectivity index is 2.39. The van der Waals surface area contributed by atoms with Gasteiger partial charge in [0, 0.05) is 24.2 Å². The van der Waals surface area contributed by atoms with Crippen molar-refractivity contribution in [2.75, 3.05) is 0 Å². The summed E-state index contributed by atoms with van der Waals surface area (Å²) in [5, 5.41) is 9.56. The summed E-state index contributed by atoms with van der Waals surface area (Å²) in [6.07, 6.45) is 6.30. The van der Waals surface area contributed by atoms with Crippen LogP contribution in [0.3, 0.4) is 0 Å². The Bertz CT molecular complexity index is 538. The lowest BCUT2D eigenvalue weighted by molar-refractivity contribution is 0.470. The summed E-state index contributed by atoms with van der Waals surface area (Å²) in [4.78, 5) is 7.78. The first-order valence-electron chi connectivity index (χ1n) is 4.52. The molecule has 0 saturated heterocycles. The van der Waals surface area contributed by atoms with Crippen LogP contribution >= 0.6 is 15.9 Å².